The van der Waals surface area contributed by atoms with Gasteiger partial charge in [-0.1, -0.05) is 0 Å². The summed E-state index contributed by atoms with van der Waals surface area (Å²) in [5.74, 6) is 0.778. The second-order valence-corrected chi connectivity index (χ2v) is 10.3. The number of aromatic nitrogens is 2. The van der Waals surface area contributed by atoms with Crippen molar-refractivity contribution < 1.29 is 27.1 Å². The number of sulfonamides is 1. The van der Waals surface area contributed by atoms with Crippen molar-refractivity contribution in [3.8, 4) is 22.3 Å². The molecule has 0 unspecified atom stereocenters. The van der Waals surface area contributed by atoms with Crippen molar-refractivity contribution in [1.82, 2.24) is 15.1 Å². The van der Waals surface area contributed by atoms with Gasteiger partial charge in [-0.25, -0.2) is 8.42 Å². The first-order chi connectivity index (χ1) is 15.4. The number of carbonyl (C=O) groups excluding carboxylic acids is 1. The molecule has 0 saturated carbocycles. The number of anilines is 1. The van der Waals surface area contributed by atoms with Crippen LogP contribution in [0.3, 0.4) is 0 Å². The van der Waals surface area contributed by atoms with Crippen LogP contribution in [0.25, 0.3) is 10.8 Å². The molecule has 3 aromatic rings. The minimum absolute atomic E-state index is 0.0910. The van der Waals surface area contributed by atoms with Crippen LogP contribution in [0, 0.1) is 6.92 Å². The molecule has 4 heterocycles. The molecule has 0 spiro atoms. The summed E-state index contributed by atoms with van der Waals surface area (Å²) < 4.78 is 45.1. The van der Waals surface area contributed by atoms with E-state index in [4.69, 9.17) is 13.9 Å². The number of benzene rings is 1. The second kappa shape index (κ2) is 8.10. The molecule has 1 saturated heterocycles. The molecule has 32 heavy (non-hydrogen) atoms. The number of nitrogens with zero attached hydrogens (tertiary/aromatic N) is 3. The van der Waals surface area contributed by atoms with Gasteiger partial charge in [0.25, 0.3) is 15.9 Å². The van der Waals surface area contributed by atoms with Crippen LogP contribution >= 0.6 is 11.3 Å². The van der Waals surface area contributed by atoms with Crippen LogP contribution in [0.2, 0.25) is 0 Å². The molecule has 2 aromatic heterocycles. The Kier molecular flexibility index (Phi) is 5.25. The number of hydrogen-bond acceptors (Lipinski definition) is 9. The van der Waals surface area contributed by atoms with E-state index in [-0.39, 0.29) is 22.6 Å². The highest BCUT2D eigenvalue weighted by Crippen LogP contribution is 2.36. The number of rotatable bonds is 5. The maximum atomic E-state index is 13.0. The highest BCUT2D eigenvalue weighted by atomic mass is 32.2. The molecule has 2 aliphatic rings. The number of ether oxygens (including phenoxy) is 2. The largest absolute Gasteiger partial charge is 0.486 e. The summed E-state index contributed by atoms with van der Waals surface area (Å²) in [5.41, 5.74) is 0.359. The van der Waals surface area contributed by atoms with E-state index in [0.29, 0.717) is 53.2 Å². The van der Waals surface area contributed by atoms with Gasteiger partial charge in [0.15, 0.2) is 11.5 Å². The smallest absolute Gasteiger partial charge is 0.311 e. The molecule has 1 N–H and O–H groups in total. The van der Waals surface area contributed by atoms with E-state index in [1.54, 1.807) is 30.0 Å². The first-order valence-corrected chi connectivity index (χ1v) is 12.4. The van der Waals surface area contributed by atoms with Crippen LogP contribution < -0.4 is 14.2 Å². The molecule has 1 amide bonds. The van der Waals surface area contributed by atoms with E-state index in [0.717, 1.165) is 12.8 Å². The Morgan fingerprint density at radius 3 is 2.62 bits per heavy atom. The minimum atomic E-state index is -3.88. The molecule has 1 fully saturated rings. The number of carbonyl (C=O) groups is 1. The van der Waals surface area contributed by atoms with Gasteiger partial charge in [-0.05, 0) is 38.0 Å². The fourth-order valence-electron chi connectivity index (χ4n) is 3.62. The van der Waals surface area contributed by atoms with Gasteiger partial charge in [0, 0.05) is 24.0 Å². The van der Waals surface area contributed by atoms with Crippen LogP contribution in [0.1, 0.15) is 28.4 Å². The van der Waals surface area contributed by atoms with E-state index < -0.39 is 10.0 Å². The highest BCUT2D eigenvalue weighted by Gasteiger charge is 2.27. The predicted octanol–water partition coefficient (Wildman–Crippen LogP) is 2.91. The highest BCUT2D eigenvalue weighted by molar-refractivity contribution is 7.93. The summed E-state index contributed by atoms with van der Waals surface area (Å²) in [4.78, 5) is 15.2. The van der Waals surface area contributed by atoms with Crippen molar-refractivity contribution in [3.05, 3.63) is 35.0 Å². The van der Waals surface area contributed by atoms with Crippen molar-refractivity contribution >= 4 is 33.0 Å². The molecule has 0 aliphatic carbocycles. The lowest BCUT2D eigenvalue weighted by molar-refractivity contribution is 0.0754. The van der Waals surface area contributed by atoms with E-state index >= 15 is 0 Å². The molecule has 0 bridgehead atoms. The van der Waals surface area contributed by atoms with Crippen LogP contribution in [0.15, 0.2) is 33.6 Å². The van der Waals surface area contributed by atoms with E-state index in [1.165, 1.54) is 17.4 Å². The number of aryl methyl sites for hydroxylation is 1. The lowest BCUT2D eigenvalue weighted by Crippen LogP contribution is -2.27. The van der Waals surface area contributed by atoms with Gasteiger partial charge < -0.3 is 18.8 Å². The van der Waals surface area contributed by atoms with Crippen molar-refractivity contribution in [3.63, 3.8) is 0 Å². The van der Waals surface area contributed by atoms with E-state index in [9.17, 15) is 13.2 Å². The average Bonchev–Trinajstić information content (AvgIpc) is 3.53. The second-order valence-electron chi connectivity index (χ2n) is 7.41. The van der Waals surface area contributed by atoms with Gasteiger partial charge in [-0.2, -0.15) is 0 Å². The van der Waals surface area contributed by atoms with Gasteiger partial charge in [0.1, 0.15) is 18.1 Å². The number of thiophene rings is 1. The van der Waals surface area contributed by atoms with Gasteiger partial charge in [0.2, 0.25) is 0 Å². The SMILES string of the molecule is Cc1sc(-c2nnc(C(=O)N3CCCC3)o2)cc1S(=O)(=O)Nc1ccc2c(c1)OCCO2. The Morgan fingerprint density at radius 2 is 1.84 bits per heavy atom. The maximum Gasteiger partial charge on any atom is 0.311 e. The molecular formula is C20H20N4O6S2. The summed E-state index contributed by atoms with van der Waals surface area (Å²) >= 11 is 1.20. The lowest BCUT2D eigenvalue weighted by Gasteiger charge is -2.19. The average molecular weight is 477 g/mol. The Hall–Kier alpha value is -3.12. The third kappa shape index (κ3) is 3.91. The summed E-state index contributed by atoms with van der Waals surface area (Å²) in [5, 5.41) is 7.80. The van der Waals surface area contributed by atoms with Crippen molar-refractivity contribution in [2.75, 3.05) is 31.0 Å². The summed E-state index contributed by atoms with van der Waals surface area (Å²) in [6.07, 6.45) is 1.91. The number of amides is 1. The Morgan fingerprint density at radius 1 is 1.09 bits per heavy atom. The topological polar surface area (TPSA) is 124 Å². The van der Waals surface area contributed by atoms with E-state index in [2.05, 4.69) is 14.9 Å². The van der Waals surface area contributed by atoms with Crippen LogP contribution in [0.4, 0.5) is 5.69 Å². The third-order valence-electron chi connectivity index (χ3n) is 5.17. The van der Waals surface area contributed by atoms with Gasteiger partial charge in [-0.3, -0.25) is 9.52 Å². The van der Waals surface area contributed by atoms with Crippen LogP contribution in [0.5, 0.6) is 11.5 Å². The quantitative estimate of drug-likeness (QED) is 0.596. The lowest BCUT2D eigenvalue weighted by atomic mass is 10.3. The minimum Gasteiger partial charge on any atom is -0.486 e. The van der Waals surface area contributed by atoms with Crippen molar-refractivity contribution in [2.45, 2.75) is 24.7 Å². The Bertz CT molecular complexity index is 1280. The van der Waals surface area contributed by atoms with E-state index in [1.807, 2.05) is 0 Å². The monoisotopic (exact) mass is 476 g/mol. The number of fused-ring (bicyclic) bond motifs is 1. The number of likely N-dealkylation sites (tertiary alicyclic amines) is 1. The zero-order chi connectivity index (χ0) is 22.3. The Labute approximate surface area is 188 Å². The summed E-state index contributed by atoms with van der Waals surface area (Å²) in [6, 6.07) is 6.33. The zero-order valence-corrected chi connectivity index (χ0v) is 18.8. The van der Waals surface area contributed by atoms with Crippen LogP contribution in [-0.2, 0) is 10.0 Å². The predicted molar refractivity (Wildman–Crippen MR) is 116 cm³/mol. The first kappa shape index (κ1) is 20.8. The normalized spacial score (nSPS) is 15.7. The fourth-order valence-corrected chi connectivity index (χ4v) is 6.18. The molecule has 0 atom stereocenters. The van der Waals surface area contributed by atoms with Crippen molar-refractivity contribution in [2.24, 2.45) is 0 Å². The summed E-state index contributed by atoms with van der Waals surface area (Å²) in [7, 11) is -3.88. The molecule has 5 rings (SSSR count). The number of hydrogen-bond donors (Lipinski definition) is 1. The maximum absolute atomic E-state index is 13.0. The molecule has 1 aromatic carbocycles. The van der Waals surface area contributed by atoms with Crippen LogP contribution in [-0.4, -0.2) is 55.7 Å². The summed E-state index contributed by atoms with van der Waals surface area (Å²) in [6.45, 7) is 3.89. The molecule has 12 heteroatoms. The number of nitrogens with one attached hydrogen (secondary N) is 1. The third-order valence-corrected chi connectivity index (χ3v) is 7.84. The first-order valence-electron chi connectivity index (χ1n) is 10.1. The van der Waals surface area contributed by atoms with Gasteiger partial charge >= 0.3 is 11.8 Å². The Balaban J connectivity index is 1.37. The van der Waals surface area contributed by atoms with Gasteiger partial charge in [-0.15, -0.1) is 21.5 Å². The molecule has 0 radical (unpaired) electrons. The zero-order valence-electron chi connectivity index (χ0n) is 17.2. The van der Waals surface area contributed by atoms with Gasteiger partial charge in [0.05, 0.1) is 10.6 Å². The van der Waals surface area contributed by atoms with Crippen molar-refractivity contribution in [1.29, 1.82) is 0 Å². The molecule has 10 nitrogen and oxygen atoms in total. The fraction of sp³-hybridized carbons (Fsp3) is 0.350. The molecule has 168 valence electrons. The molecule has 2 aliphatic heterocycles. The standard InChI is InChI=1S/C20H20N4O6S2/c1-12-17(32(26,27)23-13-4-5-14-15(10-13)29-9-8-28-14)11-16(31-12)18-21-22-19(30-18)20(25)24-6-2-3-7-24/h4-5,10-11,23H,2-3,6-9H2,1H3. The molecular weight excluding hydrogens is 456 g/mol.